The van der Waals surface area contributed by atoms with E-state index in [4.69, 9.17) is 14.2 Å². The summed E-state index contributed by atoms with van der Waals surface area (Å²) in [5, 5.41) is 11.6. The van der Waals surface area contributed by atoms with E-state index in [9.17, 15) is 19.7 Å². The Morgan fingerprint density at radius 2 is 1.73 bits per heavy atom. The van der Waals surface area contributed by atoms with Crippen molar-refractivity contribution in [2.75, 3.05) is 27.3 Å². The van der Waals surface area contributed by atoms with Crippen LogP contribution in [-0.2, 0) is 0 Å². The molecule has 174 valence electrons. The molecule has 2 aliphatic rings. The summed E-state index contributed by atoms with van der Waals surface area (Å²) in [6.07, 6.45) is 1.16. The molecule has 0 bridgehead atoms. The van der Waals surface area contributed by atoms with Gasteiger partial charge in [-0.3, -0.25) is 19.7 Å². The SMILES string of the molecule is COc1cc(C(=O)N2CCC3(CC2)CC(=O)c2cc(C)cc(C)c2O3)c([N+](=O)[O-])cc1OC. The Balaban J connectivity index is 1.57. The van der Waals surface area contributed by atoms with Crippen molar-refractivity contribution in [3.05, 3.63) is 56.6 Å². The van der Waals surface area contributed by atoms with Gasteiger partial charge in [-0.15, -0.1) is 0 Å². The number of amides is 1. The van der Waals surface area contributed by atoms with Crippen molar-refractivity contribution < 1.29 is 28.7 Å². The zero-order valence-electron chi connectivity index (χ0n) is 19.1. The number of carbonyl (C=O) groups excluding carboxylic acids is 2. The van der Waals surface area contributed by atoms with E-state index in [1.54, 1.807) is 4.90 Å². The number of carbonyl (C=O) groups is 2. The van der Waals surface area contributed by atoms with Crippen molar-refractivity contribution in [2.45, 2.75) is 38.7 Å². The van der Waals surface area contributed by atoms with Crippen molar-refractivity contribution >= 4 is 17.4 Å². The molecule has 0 unspecified atom stereocenters. The minimum absolute atomic E-state index is 0.0401. The number of nitro groups is 1. The Labute approximate surface area is 191 Å². The summed E-state index contributed by atoms with van der Waals surface area (Å²) in [7, 11) is 2.78. The van der Waals surface area contributed by atoms with E-state index < -0.39 is 16.4 Å². The van der Waals surface area contributed by atoms with E-state index in [2.05, 4.69) is 0 Å². The number of piperidine rings is 1. The molecule has 4 rings (SSSR count). The molecular formula is C24H26N2O7. The number of Topliss-reactive ketones (excluding diaryl/α,β-unsaturated/α-hetero) is 1. The number of ether oxygens (including phenoxy) is 3. The number of methoxy groups -OCH3 is 2. The second-order valence-electron chi connectivity index (χ2n) is 8.62. The number of aryl methyl sites for hydroxylation is 2. The Morgan fingerprint density at radius 1 is 1.09 bits per heavy atom. The highest BCUT2D eigenvalue weighted by Gasteiger charge is 2.44. The average Bonchev–Trinajstić information content (AvgIpc) is 2.79. The van der Waals surface area contributed by atoms with Gasteiger partial charge in [0, 0.05) is 32.0 Å². The molecule has 2 aromatic rings. The zero-order chi connectivity index (χ0) is 23.9. The van der Waals surface area contributed by atoms with Crippen LogP contribution in [0.1, 0.15) is 51.1 Å². The van der Waals surface area contributed by atoms with Crippen LogP contribution in [0.3, 0.4) is 0 Å². The lowest BCUT2D eigenvalue weighted by molar-refractivity contribution is -0.385. The van der Waals surface area contributed by atoms with E-state index >= 15 is 0 Å². The summed E-state index contributed by atoms with van der Waals surface area (Å²) in [6.45, 7) is 4.51. The van der Waals surface area contributed by atoms with Crippen molar-refractivity contribution in [1.82, 2.24) is 4.90 Å². The van der Waals surface area contributed by atoms with Gasteiger partial charge in [0.05, 0.1) is 37.2 Å². The Kier molecular flexibility index (Phi) is 5.73. The van der Waals surface area contributed by atoms with Gasteiger partial charge < -0.3 is 19.1 Å². The van der Waals surface area contributed by atoms with E-state index in [0.717, 1.165) is 11.1 Å². The third-order valence-corrected chi connectivity index (χ3v) is 6.41. The number of benzene rings is 2. The average molecular weight is 454 g/mol. The van der Waals surface area contributed by atoms with Crippen molar-refractivity contribution in [3.63, 3.8) is 0 Å². The molecule has 1 fully saturated rings. The first kappa shape index (κ1) is 22.6. The van der Waals surface area contributed by atoms with Crippen LogP contribution in [0, 0.1) is 24.0 Å². The third kappa shape index (κ3) is 3.99. The van der Waals surface area contributed by atoms with E-state index in [1.165, 1.54) is 26.4 Å². The van der Waals surface area contributed by atoms with Crippen LogP contribution in [0.25, 0.3) is 0 Å². The fourth-order valence-corrected chi connectivity index (χ4v) is 4.69. The molecule has 2 aliphatic heterocycles. The number of fused-ring (bicyclic) bond motifs is 1. The summed E-state index contributed by atoms with van der Waals surface area (Å²) in [5.74, 6) is 0.609. The largest absolute Gasteiger partial charge is 0.493 e. The van der Waals surface area contributed by atoms with Crippen LogP contribution < -0.4 is 14.2 Å². The lowest BCUT2D eigenvalue weighted by Gasteiger charge is -2.44. The number of rotatable bonds is 4. The molecule has 1 amide bonds. The zero-order valence-corrected chi connectivity index (χ0v) is 19.1. The minimum Gasteiger partial charge on any atom is -0.493 e. The first-order chi connectivity index (χ1) is 15.7. The van der Waals surface area contributed by atoms with E-state index in [-0.39, 0.29) is 35.0 Å². The maximum Gasteiger partial charge on any atom is 0.286 e. The van der Waals surface area contributed by atoms with Gasteiger partial charge >= 0.3 is 0 Å². The first-order valence-electron chi connectivity index (χ1n) is 10.7. The van der Waals surface area contributed by atoms with E-state index in [0.29, 0.717) is 37.2 Å². The number of nitrogens with zero attached hydrogens (tertiary/aromatic N) is 2. The van der Waals surface area contributed by atoms with Gasteiger partial charge in [-0.1, -0.05) is 6.07 Å². The molecule has 0 radical (unpaired) electrons. The predicted octanol–water partition coefficient (Wildman–Crippen LogP) is 3.87. The monoisotopic (exact) mass is 454 g/mol. The first-order valence-corrected chi connectivity index (χ1v) is 10.7. The van der Waals surface area contributed by atoms with Crippen LogP contribution >= 0.6 is 0 Å². The van der Waals surface area contributed by atoms with Crippen LogP contribution in [0.2, 0.25) is 0 Å². The second kappa shape index (κ2) is 8.38. The summed E-state index contributed by atoms with van der Waals surface area (Å²) in [5.41, 5.74) is 1.45. The standard InChI is InChI=1S/C24H26N2O7/c1-14-9-15(2)22-17(10-14)19(27)13-24(33-22)5-7-25(8-6-24)23(28)16-11-20(31-3)21(32-4)12-18(16)26(29)30/h9-12H,5-8,13H2,1-4H3. The van der Waals surface area contributed by atoms with Gasteiger partial charge in [-0.05, 0) is 31.0 Å². The molecule has 0 aliphatic carbocycles. The van der Waals surface area contributed by atoms with Crippen LogP contribution in [-0.4, -0.2) is 54.4 Å². The summed E-state index contributed by atoms with van der Waals surface area (Å²) < 4.78 is 16.7. The summed E-state index contributed by atoms with van der Waals surface area (Å²) >= 11 is 0. The Morgan fingerprint density at radius 3 is 2.33 bits per heavy atom. The molecule has 2 heterocycles. The number of nitro benzene ring substituents is 1. The highest BCUT2D eigenvalue weighted by atomic mass is 16.6. The van der Waals surface area contributed by atoms with E-state index in [1.807, 2.05) is 26.0 Å². The molecular weight excluding hydrogens is 428 g/mol. The van der Waals surface area contributed by atoms with Gasteiger partial charge in [0.15, 0.2) is 17.3 Å². The maximum absolute atomic E-state index is 13.2. The highest BCUT2D eigenvalue weighted by Crippen LogP contribution is 2.42. The smallest absolute Gasteiger partial charge is 0.286 e. The van der Waals surface area contributed by atoms with Gasteiger partial charge in [0.25, 0.3) is 11.6 Å². The van der Waals surface area contributed by atoms with Crippen molar-refractivity contribution in [1.29, 1.82) is 0 Å². The lowest BCUT2D eigenvalue weighted by Crippen LogP contribution is -2.52. The minimum atomic E-state index is -0.676. The topological polar surface area (TPSA) is 108 Å². The molecule has 9 heteroatoms. The van der Waals surface area contributed by atoms with Gasteiger partial charge in [0.2, 0.25) is 0 Å². The molecule has 1 spiro atoms. The number of hydrogen-bond acceptors (Lipinski definition) is 7. The number of hydrogen-bond donors (Lipinski definition) is 0. The van der Waals surface area contributed by atoms with Crippen LogP contribution in [0.5, 0.6) is 17.2 Å². The van der Waals surface area contributed by atoms with Gasteiger partial charge in [-0.25, -0.2) is 0 Å². The van der Waals surface area contributed by atoms with Crippen molar-refractivity contribution in [2.24, 2.45) is 0 Å². The molecule has 33 heavy (non-hydrogen) atoms. The van der Waals surface area contributed by atoms with Gasteiger partial charge in [-0.2, -0.15) is 0 Å². The van der Waals surface area contributed by atoms with Gasteiger partial charge in [0.1, 0.15) is 16.9 Å². The van der Waals surface area contributed by atoms with Crippen LogP contribution in [0.15, 0.2) is 24.3 Å². The maximum atomic E-state index is 13.2. The molecule has 0 aromatic heterocycles. The molecule has 2 aromatic carbocycles. The summed E-state index contributed by atoms with van der Waals surface area (Å²) in [6, 6.07) is 6.38. The molecule has 0 saturated carbocycles. The predicted molar refractivity (Wildman–Crippen MR) is 120 cm³/mol. The highest BCUT2D eigenvalue weighted by molar-refractivity contribution is 6.01. The molecule has 0 N–H and O–H groups in total. The number of likely N-dealkylation sites (tertiary alicyclic amines) is 1. The summed E-state index contributed by atoms with van der Waals surface area (Å²) in [4.78, 5) is 38.7. The molecule has 0 atom stereocenters. The second-order valence-corrected chi connectivity index (χ2v) is 8.62. The third-order valence-electron chi connectivity index (χ3n) is 6.41. The fraction of sp³-hybridized carbons (Fsp3) is 0.417. The molecule has 9 nitrogen and oxygen atoms in total. The quantitative estimate of drug-likeness (QED) is 0.510. The van der Waals surface area contributed by atoms with Crippen molar-refractivity contribution in [3.8, 4) is 17.2 Å². The normalized spacial score (nSPS) is 16.7. The fourth-order valence-electron chi connectivity index (χ4n) is 4.69. The Bertz CT molecular complexity index is 1150. The lowest BCUT2D eigenvalue weighted by atomic mass is 9.81. The van der Waals surface area contributed by atoms with Crippen LogP contribution in [0.4, 0.5) is 5.69 Å². The molecule has 1 saturated heterocycles. The number of ketones is 1. The Hall–Kier alpha value is -3.62.